The second-order valence-electron chi connectivity index (χ2n) is 4.40. The largest absolute Gasteiger partial charge is 0.363 e. The van der Waals surface area contributed by atoms with E-state index in [2.05, 4.69) is 15.0 Å². The summed E-state index contributed by atoms with van der Waals surface area (Å²) in [6.45, 7) is 0. The van der Waals surface area contributed by atoms with Crippen molar-refractivity contribution in [1.82, 2.24) is 19.4 Å². The molecule has 0 N–H and O–H groups in total. The lowest BCUT2D eigenvalue weighted by Crippen LogP contribution is -2.09. The standard InChI is InChI=1S/C13H12FN5/c1-18(2)12-4-3-9(6-15-12)10-7-19-8-16-11(14)5-13(19)17-10/h3-8H,1-2H3. The molecule has 0 aliphatic heterocycles. The van der Waals surface area contributed by atoms with E-state index in [9.17, 15) is 4.39 Å². The van der Waals surface area contributed by atoms with Gasteiger partial charge in [0.05, 0.1) is 5.69 Å². The molecule has 3 aromatic heterocycles. The summed E-state index contributed by atoms with van der Waals surface area (Å²) in [7, 11) is 3.86. The summed E-state index contributed by atoms with van der Waals surface area (Å²) in [6, 6.07) is 5.15. The van der Waals surface area contributed by atoms with Crippen molar-refractivity contribution < 1.29 is 4.39 Å². The molecule has 3 rings (SSSR count). The van der Waals surface area contributed by atoms with E-state index >= 15 is 0 Å². The molecule has 0 saturated heterocycles. The van der Waals surface area contributed by atoms with Crippen molar-refractivity contribution in [2.45, 2.75) is 0 Å². The Morgan fingerprint density at radius 1 is 1.21 bits per heavy atom. The van der Waals surface area contributed by atoms with Crippen molar-refractivity contribution in [2.24, 2.45) is 0 Å². The maximum Gasteiger partial charge on any atom is 0.217 e. The van der Waals surface area contributed by atoms with Crippen LogP contribution in [0.15, 0.2) is 36.9 Å². The third kappa shape index (κ3) is 2.12. The Hall–Kier alpha value is -2.50. The van der Waals surface area contributed by atoms with Gasteiger partial charge in [-0.05, 0) is 12.1 Å². The van der Waals surface area contributed by atoms with Crippen molar-refractivity contribution >= 4 is 11.5 Å². The van der Waals surface area contributed by atoms with Gasteiger partial charge in [0, 0.05) is 38.1 Å². The molecule has 0 aliphatic rings. The number of pyridine rings is 1. The highest BCUT2D eigenvalue weighted by atomic mass is 19.1. The van der Waals surface area contributed by atoms with Crippen LogP contribution in [0.5, 0.6) is 0 Å². The Kier molecular flexibility index (Phi) is 2.63. The van der Waals surface area contributed by atoms with Gasteiger partial charge < -0.3 is 4.90 Å². The Labute approximate surface area is 109 Å². The zero-order chi connectivity index (χ0) is 13.4. The molecule has 0 bridgehead atoms. The van der Waals surface area contributed by atoms with Crippen molar-refractivity contribution in [3.63, 3.8) is 0 Å². The minimum absolute atomic E-state index is 0.527. The van der Waals surface area contributed by atoms with Gasteiger partial charge in [-0.3, -0.25) is 4.40 Å². The van der Waals surface area contributed by atoms with Crippen LogP contribution < -0.4 is 4.90 Å². The van der Waals surface area contributed by atoms with Crippen LogP contribution in [0, 0.1) is 5.95 Å². The lowest BCUT2D eigenvalue weighted by atomic mass is 10.2. The number of hydrogen-bond acceptors (Lipinski definition) is 4. The van der Waals surface area contributed by atoms with Gasteiger partial charge in [0.15, 0.2) is 0 Å². The average molecular weight is 257 g/mol. The summed E-state index contributed by atoms with van der Waals surface area (Å²) in [5, 5.41) is 0. The van der Waals surface area contributed by atoms with E-state index in [4.69, 9.17) is 0 Å². The molecule has 0 fully saturated rings. The van der Waals surface area contributed by atoms with Crippen LogP contribution in [0.25, 0.3) is 16.9 Å². The first-order chi connectivity index (χ1) is 9.13. The first-order valence-electron chi connectivity index (χ1n) is 5.77. The molecule has 0 radical (unpaired) electrons. The molecular formula is C13H12FN5. The minimum atomic E-state index is -0.536. The fraction of sp³-hybridized carbons (Fsp3) is 0.154. The smallest absolute Gasteiger partial charge is 0.217 e. The van der Waals surface area contributed by atoms with Crippen LogP contribution in [-0.2, 0) is 0 Å². The van der Waals surface area contributed by atoms with Crippen molar-refractivity contribution in [2.75, 3.05) is 19.0 Å². The van der Waals surface area contributed by atoms with Crippen molar-refractivity contribution in [3.8, 4) is 11.3 Å². The number of anilines is 1. The first kappa shape index (κ1) is 11.6. The molecule has 3 aromatic rings. The number of fused-ring (bicyclic) bond motifs is 1. The molecule has 6 heteroatoms. The predicted octanol–water partition coefficient (Wildman–Crippen LogP) is 2.00. The van der Waals surface area contributed by atoms with E-state index in [-0.39, 0.29) is 0 Å². The van der Waals surface area contributed by atoms with Crippen LogP contribution in [0.1, 0.15) is 0 Å². The van der Waals surface area contributed by atoms with Gasteiger partial charge in [-0.2, -0.15) is 4.39 Å². The van der Waals surface area contributed by atoms with Gasteiger partial charge in [-0.25, -0.2) is 15.0 Å². The SMILES string of the molecule is CN(C)c1ccc(-c2cn3cnc(F)cc3n2)cn1. The molecular weight excluding hydrogens is 245 g/mol. The van der Waals surface area contributed by atoms with E-state index in [0.717, 1.165) is 17.1 Å². The molecule has 0 atom stereocenters. The normalized spacial score (nSPS) is 10.9. The van der Waals surface area contributed by atoms with Crippen LogP contribution in [0.2, 0.25) is 0 Å². The molecule has 96 valence electrons. The maximum absolute atomic E-state index is 13.0. The molecule has 0 saturated carbocycles. The van der Waals surface area contributed by atoms with E-state index < -0.39 is 5.95 Å². The van der Waals surface area contributed by atoms with Gasteiger partial charge >= 0.3 is 0 Å². The fourth-order valence-electron chi connectivity index (χ4n) is 1.81. The Morgan fingerprint density at radius 3 is 2.74 bits per heavy atom. The van der Waals surface area contributed by atoms with E-state index in [1.165, 1.54) is 12.4 Å². The lowest BCUT2D eigenvalue weighted by Gasteiger charge is -2.10. The number of aromatic nitrogens is 4. The van der Waals surface area contributed by atoms with Gasteiger partial charge in [0.25, 0.3) is 0 Å². The summed E-state index contributed by atoms with van der Waals surface area (Å²) in [5.41, 5.74) is 2.15. The Balaban J connectivity index is 2.03. The second kappa shape index (κ2) is 4.31. The first-order valence-corrected chi connectivity index (χ1v) is 5.77. The van der Waals surface area contributed by atoms with Crippen molar-refractivity contribution in [3.05, 3.63) is 42.9 Å². The number of halogens is 1. The molecule has 0 aliphatic carbocycles. The molecule has 0 aromatic carbocycles. The summed E-state index contributed by atoms with van der Waals surface area (Å²) in [6.07, 6.45) is 4.96. The maximum atomic E-state index is 13.0. The Bertz CT molecular complexity index is 717. The number of hydrogen-bond donors (Lipinski definition) is 0. The second-order valence-corrected chi connectivity index (χ2v) is 4.40. The summed E-state index contributed by atoms with van der Waals surface area (Å²) in [4.78, 5) is 14.2. The van der Waals surface area contributed by atoms with Gasteiger partial charge in [0.1, 0.15) is 17.8 Å². The van der Waals surface area contributed by atoms with Crippen LogP contribution in [0.3, 0.4) is 0 Å². The fourth-order valence-corrected chi connectivity index (χ4v) is 1.81. The highest BCUT2D eigenvalue weighted by Gasteiger charge is 2.06. The van der Waals surface area contributed by atoms with Gasteiger partial charge in [-0.1, -0.05) is 0 Å². The van der Waals surface area contributed by atoms with Gasteiger partial charge in [0.2, 0.25) is 5.95 Å². The average Bonchev–Trinajstić information content (AvgIpc) is 2.81. The van der Waals surface area contributed by atoms with E-state index in [1.54, 1.807) is 16.8 Å². The van der Waals surface area contributed by atoms with Crippen LogP contribution in [-0.4, -0.2) is 33.4 Å². The summed E-state index contributed by atoms with van der Waals surface area (Å²) >= 11 is 0. The summed E-state index contributed by atoms with van der Waals surface area (Å²) < 4.78 is 14.7. The van der Waals surface area contributed by atoms with Crippen LogP contribution >= 0.6 is 0 Å². The van der Waals surface area contributed by atoms with Crippen LogP contribution in [0.4, 0.5) is 10.2 Å². The molecule has 0 unspecified atom stereocenters. The Morgan fingerprint density at radius 2 is 2.05 bits per heavy atom. The van der Waals surface area contributed by atoms with E-state index in [1.807, 2.05) is 31.1 Å². The third-order valence-electron chi connectivity index (χ3n) is 2.82. The number of nitrogens with zero attached hydrogens (tertiary/aromatic N) is 5. The predicted molar refractivity (Wildman–Crippen MR) is 70.5 cm³/mol. The van der Waals surface area contributed by atoms with Crippen molar-refractivity contribution in [1.29, 1.82) is 0 Å². The molecule has 19 heavy (non-hydrogen) atoms. The topological polar surface area (TPSA) is 46.3 Å². The molecule has 0 spiro atoms. The third-order valence-corrected chi connectivity index (χ3v) is 2.82. The molecule has 5 nitrogen and oxygen atoms in total. The lowest BCUT2D eigenvalue weighted by molar-refractivity contribution is 0.580. The quantitative estimate of drug-likeness (QED) is 0.659. The zero-order valence-corrected chi connectivity index (χ0v) is 10.6. The zero-order valence-electron chi connectivity index (χ0n) is 10.6. The minimum Gasteiger partial charge on any atom is -0.363 e. The highest BCUT2D eigenvalue weighted by molar-refractivity contribution is 5.62. The van der Waals surface area contributed by atoms with Gasteiger partial charge in [-0.15, -0.1) is 0 Å². The molecule has 3 heterocycles. The monoisotopic (exact) mass is 257 g/mol. The summed E-state index contributed by atoms with van der Waals surface area (Å²) in [5.74, 6) is 0.339. The number of rotatable bonds is 2. The van der Waals surface area contributed by atoms with E-state index in [0.29, 0.717) is 5.65 Å². The highest BCUT2D eigenvalue weighted by Crippen LogP contribution is 2.20. The molecule has 0 amide bonds. The number of imidazole rings is 1.